The third-order valence-corrected chi connectivity index (χ3v) is 4.49. The number of carbonyl (C=O) groups excluding carboxylic acids is 1. The van der Waals surface area contributed by atoms with Crippen molar-refractivity contribution in [3.05, 3.63) is 66.0 Å². The van der Waals surface area contributed by atoms with Gasteiger partial charge in [0.15, 0.2) is 11.5 Å². The van der Waals surface area contributed by atoms with Crippen molar-refractivity contribution in [1.29, 1.82) is 0 Å². The highest BCUT2D eigenvalue weighted by Crippen LogP contribution is 2.29. The summed E-state index contributed by atoms with van der Waals surface area (Å²) in [5.74, 6) is 1.26. The lowest BCUT2D eigenvalue weighted by atomic mass is 10.1. The zero-order valence-electron chi connectivity index (χ0n) is 16.2. The molecule has 0 unspecified atom stereocenters. The Kier molecular flexibility index (Phi) is 4.82. The van der Waals surface area contributed by atoms with E-state index in [9.17, 15) is 4.79 Å². The van der Waals surface area contributed by atoms with Crippen LogP contribution in [0.3, 0.4) is 0 Å². The lowest BCUT2D eigenvalue weighted by molar-refractivity contribution is 0.102. The Labute approximate surface area is 167 Å². The summed E-state index contributed by atoms with van der Waals surface area (Å²) in [5.41, 5.74) is 3.24. The van der Waals surface area contributed by atoms with Crippen LogP contribution in [0.2, 0.25) is 0 Å². The number of aryl methyl sites for hydroxylation is 1. The van der Waals surface area contributed by atoms with Crippen LogP contribution >= 0.6 is 0 Å². The Morgan fingerprint density at radius 2 is 1.69 bits per heavy atom. The zero-order valence-corrected chi connectivity index (χ0v) is 16.2. The van der Waals surface area contributed by atoms with E-state index in [1.54, 1.807) is 22.7 Å². The smallest absolute Gasteiger partial charge is 0.263 e. The number of carbonyl (C=O) groups is 1. The summed E-state index contributed by atoms with van der Waals surface area (Å²) in [5, 5.41) is 15.5. The van der Waals surface area contributed by atoms with Gasteiger partial charge in [-0.05, 0) is 43.3 Å². The van der Waals surface area contributed by atoms with Crippen molar-refractivity contribution in [2.75, 3.05) is 19.5 Å². The molecule has 8 heteroatoms. The van der Waals surface area contributed by atoms with E-state index in [1.165, 1.54) is 14.2 Å². The van der Waals surface area contributed by atoms with Crippen LogP contribution in [0.4, 0.5) is 5.69 Å². The van der Waals surface area contributed by atoms with Crippen LogP contribution in [-0.2, 0) is 0 Å². The fourth-order valence-electron chi connectivity index (χ4n) is 3.07. The highest BCUT2D eigenvalue weighted by Gasteiger charge is 2.18. The molecule has 1 amide bonds. The summed E-state index contributed by atoms with van der Waals surface area (Å²) < 4.78 is 12.3. The first-order chi connectivity index (χ1) is 14.1. The van der Waals surface area contributed by atoms with Crippen LogP contribution in [-0.4, -0.2) is 39.9 Å². The largest absolute Gasteiger partial charge is 0.496 e. The van der Waals surface area contributed by atoms with Crippen LogP contribution in [0.25, 0.3) is 16.9 Å². The summed E-state index contributed by atoms with van der Waals surface area (Å²) in [6, 6.07) is 16.4. The predicted octanol–water partition coefficient (Wildman–Crippen LogP) is 3.37. The van der Waals surface area contributed by atoms with Crippen molar-refractivity contribution >= 4 is 17.2 Å². The van der Waals surface area contributed by atoms with Crippen molar-refractivity contribution in [2.45, 2.75) is 6.92 Å². The molecule has 29 heavy (non-hydrogen) atoms. The van der Waals surface area contributed by atoms with Crippen LogP contribution in [0, 0.1) is 6.92 Å². The molecular weight excluding hydrogens is 370 g/mol. The fraction of sp³-hybridized carbons (Fsp3) is 0.143. The van der Waals surface area contributed by atoms with E-state index in [4.69, 9.17) is 9.47 Å². The van der Waals surface area contributed by atoms with Crippen LogP contribution in [0.15, 0.2) is 54.6 Å². The van der Waals surface area contributed by atoms with Gasteiger partial charge in [0.05, 0.1) is 19.9 Å². The number of hydrogen-bond acceptors (Lipinski definition) is 6. The van der Waals surface area contributed by atoms with Crippen molar-refractivity contribution < 1.29 is 14.3 Å². The molecule has 0 spiro atoms. The number of anilines is 1. The van der Waals surface area contributed by atoms with Crippen molar-refractivity contribution in [1.82, 2.24) is 19.8 Å². The predicted molar refractivity (Wildman–Crippen MR) is 108 cm³/mol. The quantitative estimate of drug-likeness (QED) is 0.563. The summed E-state index contributed by atoms with van der Waals surface area (Å²) in [4.78, 5) is 12.9. The molecule has 0 aliphatic heterocycles. The Balaban J connectivity index is 1.66. The van der Waals surface area contributed by atoms with Gasteiger partial charge in [0.2, 0.25) is 0 Å². The van der Waals surface area contributed by atoms with Crippen LogP contribution in [0.5, 0.6) is 11.5 Å². The van der Waals surface area contributed by atoms with E-state index < -0.39 is 0 Å². The number of nitrogens with one attached hydrogen (secondary N) is 1. The number of ether oxygens (including phenoxy) is 2. The van der Waals surface area contributed by atoms with E-state index in [0.717, 1.165) is 11.3 Å². The third-order valence-electron chi connectivity index (χ3n) is 4.49. The minimum Gasteiger partial charge on any atom is -0.496 e. The van der Waals surface area contributed by atoms with Gasteiger partial charge in [-0.2, -0.15) is 9.61 Å². The van der Waals surface area contributed by atoms with E-state index in [0.29, 0.717) is 34.2 Å². The number of fused-ring (bicyclic) bond motifs is 1. The molecule has 0 aliphatic rings. The summed E-state index contributed by atoms with van der Waals surface area (Å²) in [7, 11) is 3.03. The second-order valence-electron chi connectivity index (χ2n) is 6.31. The Bertz CT molecular complexity index is 1180. The molecule has 0 aliphatic carbocycles. The van der Waals surface area contributed by atoms with E-state index in [-0.39, 0.29) is 5.91 Å². The lowest BCUT2D eigenvalue weighted by Crippen LogP contribution is -2.14. The Morgan fingerprint density at radius 1 is 0.966 bits per heavy atom. The second kappa shape index (κ2) is 7.59. The van der Waals surface area contributed by atoms with Gasteiger partial charge in [-0.25, -0.2) is 0 Å². The van der Waals surface area contributed by atoms with Gasteiger partial charge in [-0.15, -0.1) is 10.2 Å². The summed E-state index contributed by atoms with van der Waals surface area (Å²) >= 11 is 0. The molecule has 0 saturated heterocycles. The average Bonchev–Trinajstić information content (AvgIpc) is 3.13. The number of benzene rings is 2. The van der Waals surface area contributed by atoms with Gasteiger partial charge in [0.25, 0.3) is 5.91 Å². The van der Waals surface area contributed by atoms with Gasteiger partial charge in [-0.3, -0.25) is 4.79 Å². The fourth-order valence-corrected chi connectivity index (χ4v) is 3.07. The van der Waals surface area contributed by atoms with Crippen molar-refractivity contribution in [3.8, 4) is 22.8 Å². The molecule has 0 fully saturated rings. The highest BCUT2D eigenvalue weighted by molar-refractivity contribution is 6.08. The zero-order chi connectivity index (χ0) is 20.4. The van der Waals surface area contributed by atoms with E-state index in [2.05, 4.69) is 20.6 Å². The van der Waals surface area contributed by atoms with E-state index in [1.807, 2.05) is 43.3 Å². The standard InChI is InChI=1S/C21H19N5O3/c1-13-23-24-19-11-10-16(25-26(13)19)14-6-4-7-15(12-14)22-21(27)20-17(28-2)8-5-9-18(20)29-3/h4-12H,1-3H3,(H,22,27). The number of methoxy groups -OCH3 is 2. The minimum absolute atomic E-state index is 0.325. The van der Waals surface area contributed by atoms with Crippen molar-refractivity contribution in [2.24, 2.45) is 0 Å². The van der Waals surface area contributed by atoms with Crippen LogP contribution < -0.4 is 14.8 Å². The maximum atomic E-state index is 12.9. The maximum absolute atomic E-state index is 12.9. The SMILES string of the molecule is COc1cccc(OC)c1C(=O)Nc1cccc(-c2ccc3nnc(C)n3n2)c1. The average molecular weight is 389 g/mol. The van der Waals surface area contributed by atoms with Gasteiger partial charge >= 0.3 is 0 Å². The van der Waals surface area contributed by atoms with Gasteiger partial charge in [-0.1, -0.05) is 18.2 Å². The normalized spacial score (nSPS) is 10.7. The molecule has 2 aromatic heterocycles. The number of rotatable bonds is 5. The van der Waals surface area contributed by atoms with Gasteiger partial charge in [0, 0.05) is 11.3 Å². The Morgan fingerprint density at radius 3 is 2.41 bits per heavy atom. The molecule has 0 radical (unpaired) electrons. The monoisotopic (exact) mass is 389 g/mol. The van der Waals surface area contributed by atoms with Crippen molar-refractivity contribution in [3.63, 3.8) is 0 Å². The summed E-state index contributed by atoms with van der Waals surface area (Å²) in [6.07, 6.45) is 0. The Hall–Kier alpha value is -3.94. The number of aromatic nitrogens is 4. The topological polar surface area (TPSA) is 90.6 Å². The first kappa shape index (κ1) is 18.4. The molecule has 2 heterocycles. The minimum atomic E-state index is -0.325. The van der Waals surface area contributed by atoms with E-state index >= 15 is 0 Å². The molecule has 4 aromatic rings. The van der Waals surface area contributed by atoms with Gasteiger partial charge < -0.3 is 14.8 Å². The summed E-state index contributed by atoms with van der Waals surface area (Å²) in [6.45, 7) is 1.84. The van der Waals surface area contributed by atoms with Crippen LogP contribution in [0.1, 0.15) is 16.2 Å². The first-order valence-corrected chi connectivity index (χ1v) is 8.92. The molecule has 1 N–H and O–H groups in total. The second-order valence-corrected chi connectivity index (χ2v) is 6.31. The lowest BCUT2D eigenvalue weighted by Gasteiger charge is -2.13. The molecule has 146 valence electrons. The molecule has 0 bridgehead atoms. The number of nitrogens with zero attached hydrogens (tertiary/aromatic N) is 4. The first-order valence-electron chi connectivity index (χ1n) is 8.92. The molecule has 8 nitrogen and oxygen atoms in total. The molecular formula is C21H19N5O3. The molecule has 0 atom stereocenters. The van der Waals surface area contributed by atoms with Gasteiger partial charge in [0.1, 0.15) is 17.1 Å². The number of hydrogen-bond donors (Lipinski definition) is 1. The third kappa shape index (κ3) is 3.47. The molecule has 0 saturated carbocycles. The molecule has 2 aromatic carbocycles. The maximum Gasteiger partial charge on any atom is 0.263 e. The number of amides is 1. The highest BCUT2D eigenvalue weighted by atomic mass is 16.5. The molecule has 4 rings (SSSR count).